The highest BCUT2D eigenvalue weighted by molar-refractivity contribution is 5.46. The topological polar surface area (TPSA) is 48.4 Å². The molecule has 0 saturated heterocycles. The Morgan fingerprint density at radius 3 is 0.800 bits per heavy atom. The molecule has 0 aromatic carbocycles. The zero-order chi connectivity index (χ0) is 25.7. The highest BCUT2D eigenvalue weighted by Gasteiger charge is 2.20. The summed E-state index contributed by atoms with van der Waals surface area (Å²) in [7, 11) is 0. The molecule has 0 bridgehead atoms. The summed E-state index contributed by atoms with van der Waals surface area (Å²) in [6.45, 7) is 19.8. The van der Waals surface area contributed by atoms with Gasteiger partial charge in [-0.2, -0.15) is 15.0 Å². The predicted molar refractivity (Wildman–Crippen MR) is 155 cm³/mol. The van der Waals surface area contributed by atoms with Crippen LogP contribution in [0.3, 0.4) is 0 Å². The average Bonchev–Trinajstić information content (AvgIpc) is 2.88. The predicted octanol–water partition coefficient (Wildman–Crippen LogP) is 7.87. The second-order valence-electron chi connectivity index (χ2n) is 10.0. The second-order valence-corrected chi connectivity index (χ2v) is 10.0. The fraction of sp³-hybridized carbons (Fsp3) is 0.897. The Kier molecular flexibility index (Phi) is 18.5. The van der Waals surface area contributed by atoms with Gasteiger partial charge >= 0.3 is 0 Å². The van der Waals surface area contributed by atoms with E-state index in [9.17, 15) is 0 Å². The maximum absolute atomic E-state index is 5.14. The van der Waals surface area contributed by atoms with E-state index in [1.54, 1.807) is 0 Å². The number of rotatable bonds is 23. The molecule has 6 heteroatoms. The SMILES string of the molecule is CCCCCN(CCCCC)c1nc(N(CCCC)CCCC)nc(N(CCCC)CCCC)n1. The first kappa shape index (κ1) is 31.4. The van der Waals surface area contributed by atoms with Crippen molar-refractivity contribution in [3.8, 4) is 0 Å². The molecular weight excluding hydrogens is 432 g/mol. The van der Waals surface area contributed by atoms with Crippen LogP contribution in [-0.4, -0.2) is 54.2 Å². The molecule has 35 heavy (non-hydrogen) atoms. The molecule has 0 aliphatic carbocycles. The van der Waals surface area contributed by atoms with Gasteiger partial charge in [-0.15, -0.1) is 0 Å². The Morgan fingerprint density at radius 2 is 0.571 bits per heavy atom. The fourth-order valence-electron chi connectivity index (χ4n) is 4.20. The van der Waals surface area contributed by atoms with Gasteiger partial charge in [-0.25, -0.2) is 0 Å². The summed E-state index contributed by atoms with van der Waals surface area (Å²) < 4.78 is 0. The van der Waals surface area contributed by atoms with E-state index in [1.807, 2.05) is 0 Å². The van der Waals surface area contributed by atoms with E-state index in [4.69, 9.17) is 15.0 Å². The Labute approximate surface area is 218 Å². The normalized spacial score (nSPS) is 11.1. The molecule has 0 radical (unpaired) electrons. The molecule has 0 unspecified atom stereocenters. The smallest absolute Gasteiger partial charge is 0.231 e. The van der Waals surface area contributed by atoms with E-state index in [1.165, 1.54) is 89.9 Å². The largest absolute Gasteiger partial charge is 0.341 e. The highest BCUT2D eigenvalue weighted by Crippen LogP contribution is 2.22. The average molecular weight is 491 g/mol. The van der Waals surface area contributed by atoms with Gasteiger partial charge in [0.25, 0.3) is 0 Å². The highest BCUT2D eigenvalue weighted by atomic mass is 15.4. The molecule has 1 heterocycles. The maximum Gasteiger partial charge on any atom is 0.231 e. The molecule has 204 valence electrons. The third kappa shape index (κ3) is 12.8. The van der Waals surface area contributed by atoms with Gasteiger partial charge in [0.15, 0.2) is 0 Å². The Hall–Kier alpha value is -1.59. The number of hydrogen-bond acceptors (Lipinski definition) is 6. The first-order chi connectivity index (χ1) is 17.1. The van der Waals surface area contributed by atoms with Gasteiger partial charge in [0.05, 0.1) is 0 Å². The summed E-state index contributed by atoms with van der Waals surface area (Å²) in [6.07, 6.45) is 16.8. The maximum atomic E-state index is 5.14. The van der Waals surface area contributed by atoms with Crippen molar-refractivity contribution in [2.75, 3.05) is 54.0 Å². The van der Waals surface area contributed by atoms with Crippen LogP contribution < -0.4 is 14.7 Å². The van der Waals surface area contributed by atoms with Crippen molar-refractivity contribution in [3.05, 3.63) is 0 Å². The van der Waals surface area contributed by atoms with Crippen molar-refractivity contribution < 1.29 is 0 Å². The van der Waals surface area contributed by atoms with Crippen LogP contribution in [0.2, 0.25) is 0 Å². The quantitative estimate of drug-likeness (QED) is 0.145. The van der Waals surface area contributed by atoms with Crippen LogP contribution in [0.4, 0.5) is 17.8 Å². The standard InChI is InChI=1S/C29H58N6/c1-7-13-19-25-35(26-20-14-8-2)29-31-27(33(21-15-9-3)22-16-10-4)30-28(32-29)34(23-17-11-5)24-18-12-6/h7-26H2,1-6H3. The molecule has 0 aliphatic rings. The van der Waals surface area contributed by atoms with Crippen LogP contribution >= 0.6 is 0 Å². The third-order valence-electron chi connectivity index (χ3n) is 6.64. The fourth-order valence-corrected chi connectivity index (χ4v) is 4.20. The molecule has 1 aromatic heterocycles. The van der Waals surface area contributed by atoms with Gasteiger partial charge in [0.1, 0.15) is 0 Å². The first-order valence-electron chi connectivity index (χ1n) is 15.2. The molecule has 0 amide bonds. The van der Waals surface area contributed by atoms with E-state index in [0.717, 1.165) is 57.1 Å². The van der Waals surface area contributed by atoms with Gasteiger partial charge < -0.3 is 14.7 Å². The van der Waals surface area contributed by atoms with E-state index in [0.29, 0.717) is 0 Å². The van der Waals surface area contributed by atoms with Gasteiger partial charge in [0.2, 0.25) is 17.8 Å². The van der Waals surface area contributed by atoms with Crippen LogP contribution in [-0.2, 0) is 0 Å². The van der Waals surface area contributed by atoms with Crippen LogP contribution in [0.5, 0.6) is 0 Å². The lowest BCUT2D eigenvalue weighted by atomic mass is 10.2. The van der Waals surface area contributed by atoms with Crippen molar-refractivity contribution in [1.82, 2.24) is 15.0 Å². The monoisotopic (exact) mass is 490 g/mol. The van der Waals surface area contributed by atoms with Gasteiger partial charge in [-0.3, -0.25) is 0 Å². The minimum absolute atomic E-state index is 0.890. The van der Waals surface area contributed by atoms with Gasteiger partial charge in [-0.1, -0.05) is 92.9 Å². The van der Waals surface area contributed by atoms with Crippen LogP contribution in [0.25, 0.3) is 0 Å². The van der Waals surface area contributed by atoms with Crippen molar-refractivity contribution in [2.45, 2.75) is 131 Å². The summed E-state index contributed by atoms with van der Waals surface area (Å²) in [6, 6.07) is 0. The van der Waals surface area contributed by atoms with Crippen molar-refractivity contribution in [3.63, 3.8) is 0 Å². The molecular formula is C29H58N6. The van der Waals surface area contributed by atoms with Gasteiger partial charge in [-0.05, 0) is 38.5 Å². The van der Waals surface area contributed by atoms with E-state index in [2.05, 4.69) is 56.2 Å². The lowest BCUT2D eigenvalue weighted by Gasteiger charge is -2.29. The van der Waals surface area contributed by atoms with Crippen molar-refractivity contribution in [2.24, 2.45) is 0 Å². The van der Waals surface area contributed by atoms with Crippen LogP contribution in [0.15, 0.2) is 0 Å². The molecule has 0 aliphatic heterocycles. The lowest BCUT2D eigenvalue weighted by molar-refractivity contribution is 0.614. The number of hydrogen-bond donors (Lipinski definition) is 0. The number of unbranched alkanes of at least 4 members (excludes halogenated alkanes) is 8. The lowest BCUT2D eigenvalue weighted by Crippen LogP contribution is -2.34. The molecule has 0 atom stereocenters. The van der Waals surface area contributed by atoms with Crippen molar-refractivity contribution >= 4 is 17.8 Å². The summed E-state index contributed by atoms with van der Waals surface area (Å²) in [5.41, 5.74) is 0. The Morgan fingerprint density at radius 1 is 0.343 bits per heavy atom. The molecule has 0 N–H and O–H groups in total. The summed E-state index contributed by atoms with van der Waals surface area (Å²) >= 11 is 0. The Bertz CT molecular complexity index is 559. The first-order valence-corrected chi connectivity index (χ1v) is 15.2. The third-order valence-corrected chi connectivity index (χ3v) is 6.64. The molecule has 6 nitrogen and oxygen atoms in total. The summed E-state index contributed by atoms with van der Waals surface area (Å²) in [4.78, 5) is 22.7. The van der Waals surface area contributed by atoms with E-state index >= 15 is 0 Å². The number of anilines is 3. The molecule has 0 saturated carbocycles. The van der Waals surface area contributed by atoms with E-state index < -0.39 is 0 Å². The van der Waals surface area contributed by atoms with E-state index in [-0.39, 0.29) is 0 Å². The summed E-state index contributed by atoms with van der Waals surface area (Å²) in [5.74, 6) is 2.68. The zero-order valence-corrected chi connectivity index (χ0v) is 24.3. The van der Waals surface area contributed by atoms with Crippen LogP contribution in [0.1, 0.15) is 131 Å². The summed E-state index contributed by atoms with van der Waals surface area (Å²) in [5, 5.41) is 0. The number of aromatic nitrogens is 3. The molecule has 1 aromatic rings. The second kappa shape index (κ2) is 20.6. The number of nitrogens with zero attached hydrogens (tertiary/aromatic N) is 6. The molecule has 1 rings (SSSR count). The zero-order valence-electron chi connectivity index (χ0n) is 24.3. The van der Waals surface area contributed by atoms with Crippen molar-refractivity contribution in [1.29, 1.82) is 0 Å². The van der Waals surface area contributed by atoms with Crippen LogP contribution in [0, 0.1) is 0 Å². The van der Waals surface area contributed by atoms with Gasteiger partial charge in [0, 0.05) is 39.3 Å². The minimum atomic E-state index is 0.890. The molecule has 0 spiro atoms. The molecule has 0 fully saturated rings. The minimum Gasteiger partial charge on any atom is -0.341 e. The Balaban J connectivity index is 3.43.